The fraction of sp³-hybridized carbons (Fsp3) is 0.500. The van der Waals surface area contributed by atoms with Gasteiger partial charge in [-0.15, -0.1) is 0 Å². The smallest absolute Gasteiger partial charge is 0.181 e. The summed E-state index contributed by atoms with van der Waals surface area (Å²) in [5.74, 6) is -1.41. The van der Waals surface area contributed by atoms with E-state index in [4.69, 9.17) is 4.74 Å². The average Bonchev–Trinajstić information content (AvgIpc) is 2.45. The van der Waals surface area contributed by atoms with E-state index in [2.05, 4.69) is 0 Å². The highest BCUT2D eigenvalue weighted by molar-refractivity contribution is 6.23. The van der Waals surface area contributed by atoms with Gasteiger partial charge in [0.05, 0.1) is 11.5 Å². The molecule has 0 spiro atoms. The van der Waals surface area contributed by atoms with Crippen LogP contribution < -0.4 is 0 Å². The molecular formula is C20H26O4. The lowest BCUT2D eigenvalue weighted by molar-refractivity contribution is -0.126. The molecule has 1 heterocycles. The van der Waals surface area contributed by atoms with E-state index in [-0.39, 0.29) is 28.8 Å². The van der Waals surface area contributed by atoms with Crippen LogP contribution in [0, 0.1) is 11.8 Å². The Kier molecular flexibility index (Phi) is 4.88. The SMILES string of the molecule is CC(C)=CCC1C(=O)C(C(=O)C(C)C)=C(O)C2=C1OC(C)(C)C=C2. The van der Waals surface area contributed by atoms with Gasteiger partial charge in [-0.2, -0.15) is 0 Å². The van der Waals surface area contributed by atoms with Gasteiger partial charge in [0.15, 0.2) is 11.6 Å². The van der Waals surface area contributed by atoms with Crippen LogP contribution >= 0.6 is 0 Å². The highest BCUT2D eigenvalue weighted by atomic mass is 16.5. The van der Waals surface area contributed by atoms with Gasteiger partial charge in [-0.05, 0) is 46.3 Å². The standard InChI is InChI=1S/C20H26O4/c1-11(2)7-8-13-17(22)15(16(21)12(3)4)18(23)14-9-10-20(5,6)24-19(13)14/h7,9-10,12-13,23H,8H2,1-6H3. The average molecular weight is 330 g/mol. The van der Waals surface area contributed by atoms with Crippen LogP contribution in [0.25, 0.3) is 0 Å². The van der Waals surface area contributed by atoms with Crippen molar-refractivity contribution < 1.29 is 19.4 Å². The molecule has 0 aromatic carbocycles. The molecule has 0 bridgehead atoms. The van der Waals surface area contributed by atoms with Gasteiger partial charge in [0, 0.05) is 5.92 Å². The largest absolute Gasteiger partial charge is 0.506 e. The minimum atomic E-state index is -0.576. The molecule has 4 nitrogen and oxygen atoms in total. The van der Waals surface area contributed by atoms with Gasteiger partial charge in [0.1, 0.15) is 22.7 Å². The Bertz CT molecular complexity index is 695. The van der Waals surface area contributed by atoms with E-state index in [9.17, 15) is 14.7 Å². The molecule has 1 unspecified atom stereocenters. The molecule has 1 N–H and O–H groups in total. The first kappa shape index (κ1) is 18.2. The lowest BCUT2D eigenvalue weighted by atomic mass is 9.78. The summed E-state index contributed by atoms with van der Waals surface area (Å²) in [5.41, 5.74) is 0.891. The van der Waals surface area contributed by atoms with Gasteiger partial charge in [0.2, 0.25) is 0 Å². The van der Waals surface area contributed by atoms with Crippen molar-refractivity contribution in [2.24, 2.45) is 11.8 Å². The fourth-order valence-corrected chi connectivity index (χ4v) is 2.83. The molecule has 1 aliphatic heterocycles. The first-order valence-corrected chi connectivity index (χ1v) is 8.33. The van der Waals surface area contributed by atoms with Crippen molar-refractivity contribution in [2.45, 2.75) is 53.6 Å². The number of rotatable bonds is 4. The molecule has 0 radical (unpaired) electrons. The fourth-order valence-electron chi connectivity index (χ4n) is 2.83. The number of ketones is 2. The number of allylic oxidation sites excluding steroid dienone is 5. The zero-order valence-corrected chi connectivity index (χ0v) is 15.3. The lowest BCUT2D eigenvalue weighted by Gasteiger charge is -2.36. The minimum Gasteiger partial charge on any atom is -0.506 e. The monoisotopic (exact) mass is 330 g/mol. The summed E-state index contributed by atoms with van der Waals surface area (Å²) in [4.78, 5) is 25.4. The van der Waals surface area contributed by atoms with Gasteiger partial charge in [-0.3, -0.25) is 9.59 Å². The molecule has 0 fully saturated rings. The van der Waals surface area contributed by atoms with E-state index in [1.165, 1.54) is 0 Å². The number of aliphatic hydroxyl groups excluding tert-OH is 1. The van der Waals surface area contributed by atoms with Gasteiger partial charge in [-0.25, -0.2) is 0 Å². The Hall–Kier alpha value is -2.10. The molecule has 1 atom stereocenters. The summed E-state index contributed by atoms with van der Waals surface area (Å²) in [7, 11) is 0. The molecule has 4 heteroatoms. The lowest BCUT2D eigenvalue weighted by Crippen LogP contribution is -2.36. The molecule has 0 saturated heterocycles. The van der Waals surface area contributed by atoms with E-state index < -0.39 is 11.5 Å². The van der Waals surface area contributed by atoms with Crippen molar-refractivity contribution in [3.05, 3.63) is 46.5 Å². The van der Waals surface area contributed by atoms with Crippen molar-refractivity contribution in [2.75, 3.05) is 0 Å². The molecule has 130 valence electrons. The van der Waals surface area contributed by atoms with Gasteiger partial charge in [-0.1, -0.05) is 25.5 Å². The van der Waals surface area contributed by atoms with Crippen molar-refractivity contribution in [3.8, 4) is 0 Å². The number of aliphatic hydroxyl groups is 1. The van der Waals surface area contributed by atoms with Crippen LogP contribution in [-0.2, 0) is 14.3 Å². The zero-order valence-electron chi connectivity index (χ0n) is 15.3. The third kappa shape index (κ3) is 3.37. The Morgan fingerprint density at radius 1 is 1.38 bits per heavy atom. The number of hydrogen-bond donors (Lipinski definition) is 1. The maximum absolute atomic E-state index is 13.0. The second kappa shape index (κ2) is 6.42. The van der Waals surface area contributed by atoms with E-state index in [0.29, 0.717) is 17.8 Å². The summed E-state index contributed by atoms with van der Waals surface area (Å²) in [6, 6.07) is 0. The molecule has 1 aliphatic carbocycles. The predicted molar refractivity (Wildman–Crippen MR) is 93.4 cm³/mol. The Labute approximate surface area is 143 Å². The van der Waals surface area contributed by atoms with Crippen molar-refractivity contribution >= 4 is 11.6 Å². The number of hydrogen-bond acceptors (Lipinski definition) is 4. The predicted octanol–water partition coefficient (Wildman–Crippen LogP) is 4.20. The zero-order chi connectivity index (χ0) is 18.2. The van der Waals surface area contributed by atoms with Crippen molar-refractivity contribution in [3.63, 3.8) is 0 Å². The Balaban J connectivity index is 2.59. The van der Waals surface area contributed by atoms with Crippen LogP contribution in [-0.4, -0.2) is 22.3 Å². The van der Waals surface area contributed by atoms with Crippen LogP contribution in [0.3, 0.4) is 0 Å². The normalized spacial score (nSPS) is 22.5. The maximum atomic E-state index is 13.0. The van der Waals surface area contributed by atoms with Crippen molar-refractivity contribution in [1.82, 2.24) is 0 Å². The van der Waals surface area contributed by atoms with Crippen molar-refractivity contribution in [1.29, 1.82) is 0 Å². The number of ether oxygens (including phenoxy) is 1. The van der Waals surface area contributed by atoms with Crippen LogP contribution in [0.2, 0.25) is 0 Å². The quantitative estimate of drug-likeness (QED) is 0.620. The summed E-state index contributed by atoms with van der Waals surface area (Å²) >= 11 is 0. The second-order valence-corrected chi connectivity index (χ2v) is 7.49. The van der Waals surface area contributed by atoms with Crippen LogP contribution in [0.5, 0.6) is 0 Å². The molecule has 24 heavy (non-hydrogen) atoms. The third-order valence-corrected chi connectivity index (χ3v) is 4.19. The molecule has 0 saturated carbocycles. The molecule has 0 amide bonds. The van der Waals surface area contributed by atoms with Crippen LogP contribution in [0.15, 0.2) is 46.5 Å². The van der Waals surface area contributed by atoms with Crippen LogP contribution in [0.4, 0.5) is 0 Å². The highest BCUT2D eigenvalue weighted by Crippen LogP contribution is 2.40. The minimum absolute atomic E-state index is 0.0936. The topological polar surface area (TPSA) is 63.6 Å². The number of Topliss-reactive ketones (excluding diaryl/α,β-unsaturated/α-hetero) is 2. The molecule has 0 aromatic heterocycles. The van der Waals surface area contributed by atoms with Gasteiger partial charge < -0.3 is 9.84 Å². The molecule has 2 rings (SSSR count). The third-order valence-electron chi connectivity index (χ3n) is 4.19. The van der Waals surface area contributed by atoms with E-state index >= 15 is 0 Å². The van der Waals surface area contributed by atoms with E-state index in [1.54, 1.807) is 19.9 Å². The summed E-state index contributed by atoms with van der Waals surface area (Å²) < 4.78 is 5.99. The summed E-state index contributed by atoms with van der Waals surface area (Å²) in [6.07, 6.45) is 5.99. The van der Waals surface area contributed by atoms with E-state index in [1.807, 2.05) is 39.8 Å². The summed E-state index contributed by atoms with van der Waals surface area (Å²) in [6.45, 7) is 11.2. The second-order valence-electron chi connectivity index (χ2n) is 7.49. The van der Waals surface area contributed by atoms with Crippen LogP contribution in [0.1, 0.15) is 48.0 Å². The van der Waals surface area contributed by atoms with Gasteiger partial charge in [0.25, 0.3) is 0 Å². The first-order valence-electron chi connectivity index (χ1n) is 8.33. The Morgan fingerprint density at radius 2 is 2.00 bits per heavy atom. The Morgan fingerprint density at radius 3 is 2.54 bits per heavy atom. The number of carbonyl (C=O) groups is 2. The molecular weight excluding hydrogens is 304 g/mol. The number of carbonyl (C=O) groups excluding carboxylic acids is 2. The highest BCUT2D eigenvalue weighted by Gasteiger charge is 2.42. The van der Waals surface area contributed by atoms with E-state index in [0.717, 1.165) is 5.57 Å². The maximum Gasteiger partial charge on any atom is 0.181 e. The van der Waals surface area contributed by atoms with Gasteiger partial charge >= 0.3 is 0 Å². The first-order chi connectivity index (χ1) is 11.0. The molecule has 0 aromatic rings. The molecule has 2 aliphatic rings. The summed E-state index contributed by atoms with van der Waals surface area (Å²) in [5, 5.41) is 10.6.